The molecule has 0 aliphatic heterocycles. The zero-order valence-corrected chi connectivity index (χ0v) is 14.3. The summed E-state index contributed by atoms with van der Waals surface area (Å²) in [5.74, 6) is 1.54. The highest BCUT2D eigenvalue weighted by molar-refractivity contribution is 4.88. The molecule has 1 atom stereocenters. The van der Waals surface area contributed by atoms with E-state index in [0.29, 0.717) is 6.04 Å². The lowest BCUT2D eigenvalue weighted by Gasteiger charge is -2.37. The molecule has 116 valence electrons. The lowest BCUT2D eigenvalue weighted by atomic mass is 9.89. The fourth-order valence-electron chi connectivity index (χ4n) is 2.52. The Morgan fingerprint density at radius 2 is 1.32 bits per heavy atom. The van der Waals surface area contributed by atoms with E-state index >= 15 is 0 Å². The Balaban J connectivity index is 4.49. The van der Waals surface area contributed by atoms with Gasteiger partial charge in [0, 0.05) is 6.04 Å². The number of nitrogens with one attached hydrogen (secondary N) is 3. The summed E-state index contributed by atoms with van der Waals surface area (Å²) in [6.45, 7) is 9.19. The molecule has 0 fully saturated rings. The van der Waals surface area contributed by atoms with Gasteiger partial charge in [-0.1, -0.05) is 27.7 Å². The molecule has 3 N–H and O–H groups in total. The van der Waals surface area contributed by atoms with Crippen LogP contribution in [0.3, 0.4) is 0 Å². The maximum Gasteiger partial charge on any atom is 0.0697 e. The molecule has 0 heterocycles. The van der Waals surface area contributed by atoms with E-state index in [1.165, 1.54) is 25.7 Å². The van der Waals surface area contributed by atoms with Crippen molar-refractivity contribution in [3.63, 3.8) is 0 Å². The van der Waals surface area contributed by atoms with Gasteiger partial charge in [0.25, 0.3) is 0 Å². The van der Waals surface area contributed by atoms with Crippen LogP contribution in [0.15, 0.2) is 0 Å². The second-order valence-corrected chi connectivity index (χ2v) is 6.68. The summed E-state index contributed by atoms with van der Waals surface area (Å²) in [6.07, 6.45) is 6.11. The number of rotatable bonds is 11. The van der Waals surface area contributed by atoms with Crippen LogP contribution in [0.5, 0.6) is 0 Å². The first kappa shape index (κ1) is 18.9. The van der Waals surface area contributed by atoms with Crippen LogP contribution in [0.4, 0.5) is 0 Å². The van der Waals surface area contributed by atoms with Crippen molar-refractivity contribution >= 4 is 0 Å². The molecule has 0 saturated heterocycles. The van der Waals surface area contributed by atoms with Gasteiger partial charge in [0.15, 0.2) is 0 Å². The highest BCUT2D eigenvalue weighted by atomic mass is 15.2. The Morgan fingerprint density at radius 1 is 0.789 bits per heavy atom. The average molecular weight is 271 g/mol. The van der Waals surface area contributed by atoms with E-state index in [-0.39, 0.29) is 5.66 Å². The Morgan fingerprint density at radius 3 is 1.68 bits per heavy atom. The van der Waals surface area contributed by atoms with Gasteiger partial charge in [-0.2, -0.15) is 0 Å². The average Bonchev–Trinajstić information content (AvgIpc) is 2.38. The SMILES string of the molecule is CNC(CCC(C)C)CC(CCC(C)C)(NC)NC. The van der Waals surface area contributed by atoms with E-state index in [2.05, 4.69) is 64.8 Å². The van der Waals surface area contributed by atoms with Crippen molar-refractivity contribution in [2.45, 2.75) is 71.5 Å². The van der Waals surface area contributed by atoms with Gasteiger partial charge in [-0.25, -0.2) is 0 Å². The zero-order valence-electron chi connectivity index (χ0n) is 14.3. The molecule has 0 rings (SSSR count). The molecule has 0 aliphatic rings. The Hall–Kier alpha value is -0.120. The molecule has 3 heteroatoms. The van der Waals surface area contributed by atoms with Gasteiger partial charge in [0.2, 0.25) is 0 Å². The molecular weight excluding hydrogens is 234 g/mol. The highest BCUT2D eigenvalue weighted by Crippen LogP contribution is 2.21. The van der Waals surface area contributed by atoms with E-state index in [1.807, 2.05) is 0 Å². The van der Waals surface area contributed by atoms with Crippen molar-refractivity contribution in [3.05, 3.63) is 0 Å². The van der Waals surface area contributed by atoms with Crippen molar-refractivity contribution < 1.29 is 0 Å². The van der Waals surface area contributed by atoms with Crippen LogP contribution in [0.25, 0.3) is 0 Å². The van der Waals surface area contributed by atoms with Gasteiger partial charge in [-0.15, -0.1) is 0 Å². The summed E-state index contributed by atoms with van der Waals surface area (Å²) in [6, 6.07) is 0.578. The van der Waals surface area contributed by atoms with E-state index in [4.69, 9.17) is 0 Å². The molecule has 19 heavy (non-hydrogen) atoms. The third-order valence-corrected chi connectivity index (χ3v) is 4.20. The van der Waals surface area contributed by atoms with Crippen molar-refractivity contribution in [1.29, 1.82) is 0 Å². The van der Waals surface area contributed by atoms with Crippen molar-refractivity contribution in [2.24, 2.45) is 11.8 Å². The van der Waals surface area contributed by atoms with Gasteiger partial charge in [-0.05, 0) is 65.1 Å². The van der Waals surface area contributed by atoms with Gasteiger partial charge in [0.05, 0.1) is 5.66 Å². The molecule has 0 aliphatic carbocycles. The summed E-state index contributed by atoms with van der Waals surface area (Å²) < 4.78 is 0. The van der Waals surface area contributed by atoms with Crippen molar-refractivity contribution in [1.82, 2.24) is 16.0 Å². The molecule has 1 unspecified atom stereocenters. The maximum atomic E-state index is 3.52. The lowest BCUT2D eigenvalue weighted by Crippen LogP contribution is -2.57. The first-order valence-electron chi connectivity index (χ1n) is 7.94. The molecule has 0 radical (unpaired) electrons. The second kappa shape index (κ2) is 9.73. The molecule has 0 amide bonds. The molecule has 0 spiro atoms. The van der Waals surface area contributed by atoms with E-state index in [1.54, 1.807) is 0 Å². The molecule has 0 aromatic heterocycles. The molecule has 3 nitrogen and oxygen atoms in total. The first-order valence-corrected chi connectivity index (χ1v) is 7.94. The first-order chi connectivity index (χ1) is 8.89. The normalized spacial score (nSPS) is 14.4. The molecule has 0 aromatic carbocycles. The van der Waals surface area contributed by atoms with Gasteiger partial charge < -0.3 is 16.0 Å². The quantitative estimate of drug-likeness (QED) is 0.506. The topological polar surface area (TPSA) is 36.1 Å². The fourth-order valence-corrected chi connectivity index (χ4v) is 2.52. The predicted octanol–water partition coefficient (Wildman–Crippen LogP) is 2.97. The van der Waals surface area contributed by atoms with Crippen LogP contribution < -0.4 is 16.0 Å². The van der Waals surface area contributed by atoms with E-state index in [9.17, 15) is 0 Å². The van der Waals surface area contributed by atoms with Gasteiger partial charge in [-0.3, -0.25) is 0 Å². The standard InChI is InChI=1S/C16H37N3/c1-13(2)8-9-15(17-5)12-16(18-6,19-7)11-10-14(3)4/h13-15,17-19H,8-12H2,1-7H3. The van der Waals surface area contributed by atoms with Crippen LogP contribution in [-0.4, -0.2) is 32.8 Å². The third kappa shape index (κ3) is 7.91. The molecule has 0 saturated carbocycles. The van der Waals surface area contributed by atoms with Crippen LogP contribution >= 0.6 is 0 Å². The van der Waals surface area contributed by atoms with Gasteiger partial charge >= 0.3 is 0 Å². The Bertz CT molecular complexity index is 210. The minimum Gasteiger partial charge on any atom is -0.317 e. The summed E-state index contributed by atoms with van der Waals surface area (Å²) in [7, 11) is 6.24. The Labute approximate surface area is 121 Å². The Kier molecular flexibility index (Phi) is 9.67. The second-order valence-electron chi connectivity index (χ2n) is 6.68. The number of hydrogen-bond donors (Lipinski definition) is 3. The number of hydrogen-bond acceptors (Lipinski definition) is 3. The van der Waals surface area contributed by atoms with E-state index in [0.717, 1.165) is 18.3 Å². The van der Waals surface area contributed by atoms with Crippen LogP contribution in [-0.2, 0) is 0 Å². The smallest absolute Gasteiger partial charge is 0.0697 e. The maximum absolute atomic E-state index is 3.52. The molecule has 0 aromatic rings. The summed E-state index contributed by atoms with van der Waals surface area (Å²) in [5, 5.41) is 10.5. The van der Waals surface area contributed by atoms with Crippen LogP contribution in [0.2, 0.25) is 0 Å². The third-order valence-electron chi connectivity index (χ3n) is 4.20. The summed E-state index contributed by atoms with van der Waals surface area (Å²) >= 11 is 0. The fraction of sp³-hybridized carbons (Fsp3) is 1.00. The zero-order chi connectivity index (χ0) is 14.9. The predicted molar refractivity (Wildman–Crippen MR) is 86.5 cm³/mol. The lowest BCUT2D eigenvalue weighted by molar-refractivity contribution is 0.205. The van der Waals surface area contributed by atoms with E-state index < -0.39 is 0 Å². The molecule has 0 bridgehead atoms. The largest absolute Gasteiger partial charge is 0.317 e. The van der Waals surface area contributed by atoms with Crippen LogP contribution in [0, 0.1) is 11.8 Å². The minimum atomic E-state index is 0.0644. The highest BCUT2D eigenvalue weighted by Gasteiger charge is 2.29. The van der Waals surface area contributed by atoms with Gasteiger partial charge in [0.1, 0.15) is 0 Å². The molecular formula is C16H37N3. The summed E-state index contributed by atoms with van der Waals surface area (Å²) in [4.78, 5) is 0. The van der Waals surface area contributed by atoms with Crippen molar-refractivity contribution in [2.75, 3.05) is 21.1 Å². The monoisotopic (exact) mass is 271 g/mol. The minimum absolute atomic E-state index is 0.0644. The summed E-state index contributed by atoms with van der Waals surface area (Å²) in [5.41, 5.74) is 0.0644. The van der Waals surface area contributed by atoms with Crippen LogP contribution in [0.1, 0.15) is 59.8 Å². The van der Waals surface area contributed by atoms with Crippen molar-refractivity contribution in [3.8, 4) is 0 Å².